The first-order chi connectivity index (χ1) is 7.33. The number of hydrogen-bond donors (Lipinski definition) is 1. The molecular weight excluding hydrogens is 225 g/mol. The summed E-state index contributed by atoms with van der Waals surface area (Å²) in [4.78, 5) is 14.6. The summed E-state index contributed by atoms with van der Waals surface area (Å²) >= 11 is 0. The Labute approximate surface area is 89.2 Å². The zero-order valence-electron chi connectivity index (χ0n) is 8.34. The number of esters is 1. The highest BCUT2D eigenvalue weighted by molar-refractivity contribution is 5.92. The monoisotopic (exact) mass is 234 g/mol. The number of aromatic nitrogens is 1. The highest BCUT2D eigenvalue weighted by Crippen LogP contribution is 2.21. The van der Waals surface area contributed by atoms with Crippen molar-refractivity contribution < 1.29 is 22.7 Å². The molecule has 16 heavy (non-hydrogen) atoms. The molecule has 0 fully saturated rings. The molecule has 0 aliphatic rings. The third-order valence-electron chi connectivity index (χ3n) is 1.74. The van der Waals surface area contributed by atoms with Crippen LogP contribution in [-0.4, -0.2) is 24.2 Å². The summed E-state index contributed by atoms with van der Waals surface area (Å²) in [6, 6.07) is 2.32. The smallest absolute Gasteiger partial charge is 0.394 e. The Hall–Kier alpha value is -1.79. The molecular formula is C9H9F3N2O2. The van der Waals surface area contributed by atoms with Gasteiger partial charge in [-0.25, -0.2) is 9.78 Å². The third-order valence-corrected chi connectivity index (χ3v) is 1.74. The number of hydrogen-bond acceptors (Lipinski definition) is 4. The number of alkyl halides is 3. The standard InChI is InChI=1S/C9H9F3N2O2/c1-16-8(15)7-6(13)3-2-5(14-7)4-9(10,11)12/h2-3H,4,13H2,1H3. The zero-order chi connectivity index (χ0) is 12.3. The van der Waals surface area contributed by atoms with Crippen LogP contribution >= 0.6 is 0 Å². The van der Waals surface area contributed by atoms with Gasteiger partial charge in [-0.05, 0) is 12.1 Å². The third kappa shape index (κ3) is 3.11. The normalized spacial score (nSPS) is 11.2. The van der Waals surface area contributed by atoms with E-state index in [2.05, 4.69) is 9.72 Å². The Balaban J connectivity index is 3.03. The van der Waals surface area contributed by atoms with Gasteiger partial charge in [0.2, 0.25) is 0 Å². The molecule has 0 spiro atoms. The van der Waals surface area contributed by atoms with Crippen LogP contribution in [0.2, 0.25) is 0 Å². The maximum Gasteiger partial charge on any atom is 0.394 e. The second-order valence-electron chi connectivity index (χ2n) is 3.02. The lowest BCUT2D eigenvalue weighted by molar-refractivity contribution is -0.127. The maximum atomic E-state index is 12.1. The van der Waals surface area contributed by atoms with E-state index in [0.717, 1.165) is 13.2 Å². The van der Waals surface area contributed by atoms with E-state index in [1.807, 2.05) is 0 Å². The van der Waals surface area contributed by atoms with Crippen LogP contribution in [0.1, 0.15) is 16.2 Å². The van der Waals surface area contributed by atoms with Gasteiger partial charge in [0.1, 0.15) is 0 Å². The van der Waals surface area contributed by atoms with E-state index in [0.29, 0.717) is 0 Å². The summed E-state index contributed by atoms with van der Waals surface area (Å²) in [6.07, 6.45) is -5.59. The van der Waals surface area contributed by atoms with Crippen LogP contribution in [0.25, 0.3) is 0 Å². The lowest BCUT2D eigenvalue weighted by Gasteiger charge is -2.08. The Morgan fingerprint density at radius 1 is 1.50 bits per heavy atom. The lowest BCUT2D eigenvalue weighted by atomic mass is 10.2. The quantitative estimate of drug-likeness (QED) is 0.788. The molecule has 0 aliphatic heterocycles. The molecule has 4 nitrogen and oxygen atoms in total. The Kier molecular flexibility index (Phi) is 3.36. The summed E-state index contributed by atoms with van der Waals surface area (Å²) in [5, 5.41) is 0. The molecule has 1 aromatic rings. The van der Waals surface area contributed by atoms with Crippen LogP contribution in [0.4, 0.5) is 18.9 Å². The predicted octanol–water partition coefficient (Wildman–Crippen LogP) is 1.56. The number of carbonyl (C=O) groups excluding carboxylic acids is 1. The number of carbonyl (C=O) groups is 1. The number of anilines is 1. The molecule has 2 N–H and O–H groups in total. The number of nitrogens with two attached hydrogens (primary N) is 1. The Bertz CT molecular complexity index is 404. The SMILES string of the molecule is COC(=O)c1nc(CC(F)(F)F)ccc1N. The molecule has 0 unspecified atom stereocenters. The zero-order valence-corrected chi connectivity index (χ0v) is 8.34. The predicted molar refractivity (Wildman–Crippen MR) is 49.7 cm³/mol. The van der Waals surface area contributed by atoms with Crippen molar-refractivity contribution in [3.05, 3.63) is 23.5 Å². The molecule has 0 bridgehead atoms. The molecule has 88 valence electrons. The van der Waals surface area contributed by atoms with Crippen LogP contribution in [0, 0.1) is 0 Å². The highest BCUT2D eigenvalue weighted by atomic mass is 19.4. The van der Waals surface area contributed by atoms with Gasteiger partial charge in [0.15, 0.2) is 5.69 Å². The van der Waals surface area contributed by atoms with Crippen LogP contribution < -0.4 is 5.73 Å². The summed E-state index contributed by atoms with van der Waals surface area (Å²) in [6.45, 7) is 0. The van der Waals surface area contributed by atoms with Crippen molar-refractivity contribution in [3.63, 3.8) is 0 Å². The second kappa shape index (κ2) is 4.38. The van der Waals surface area contributed by atoms with Crippen LogP contribution in [0.15, 0.2) is 12.1 Å². The Morgan fingerprint density at radius 2 is 2.12 bits per heavy atom. The van der Waals surface area contributed by atoms with E-state index in [1.165, 1.54) is 6.07 Å². The first-order valence-electron chi connectivity index (χ1n) is 4.24. The van der Waals surface area contributed by atoms with Crippen molar-refractivity contribution in [2.75, 3.05) is 12.8 Å². The lowest BCUT2D eigenvalue weighted by Crippen LogP contribution is -2.15. The van der Waals surface area contributed by atoms with E-state index in [4.69, 9.17) is 5.73 Å². The minimum atomic E-state index is -4.38. The molecule has 0 amide bonds. The summed E-state index contributed by atoms with van der Waals surface area (Å²) < 4.78 is 40.5. The van der Waals surface area contributed by atoms with E-state index >= 15 is 0 Å². The van der Waals surface area contributed by atoms with E-state index in [-0.39, 0.29) is 17.1 Å². The molecule has 1 aromatic heterocycles. The molecule has 0 aromatic carbocycles. The van der Waals surface area contributed by atoms with Crippen molar-refractivity contribution in [1.29, 1.82) is 0 Å². The first kappa shape index (κ1) is 12.3. The molecule has 1 rings (SSSR count). The number of pyridine rings is 1. The average Bonchev–Trinajstić information content (AvgIpc) is 2.18. The van der Waals surface area contributed by atoms with Crippen molar-refractivity contribution >= 4 is 11.7 Å². The molecule has 0 aliphatic carbocycles. The van der Waals surface area contributed by atoms with Gasteiger partial charge < -0.3 is 10.5 Å². The van der Waals surface area contributed by atoms with E-state index < -0.39 is 18.6 Å². The molecule has 1 heterocycles. The fraction of sp³-hybridized carbons (Fsp3) is 0.333. The van der Waals surface area contributed by atoms with Gasteiger partial charge in [-0.3, -0.25) is 0 Å². The minimum Gasteiger partial charge on any atom is -0.464 e. The largest absolute Gasteiger partial charge is 0.464 e. The van der Waals surface area contributed by atoms with Crippen LogP contribution in [-0.2, 0) is 11.2 Å². The van der Waals surface area contributed by atoms with E-state index in [1.54, 1.807) is 0 Å². The average molecular weight is 234 g/mol. The molecule has 0 atom stereocenters. The molecule has 0 saturated carbocycles. The topological polar surface area (TPSA) is 65.2 Å². The maximum absolute atomic E-state index is 12.1. The number of halogens is 3. The molecule has 0 saturated heterocycles. The van der Waals surface area contributed by atoms with Crippen molar-refractivity contribution in [1.82, 2.24) is 4.98 Å². The van der Waals surface area contributed by atoms with Gasteiger partial charge in [0.05, 0.1) is 24.9 Å². The van der Waals surface area contributed by atoms with Crippen molar-refractivity contribution in [2.24, 2.45) is 0 Å². The number of ether oxygens (including phenoxy) is 1. The van der Waals surface area contributed by atoms with Crippen LogP contribution in [0.5, 0.6) is 0 Å². The van der Waals surface area contributed by atoms with Crippen molar-refractivity contribution in [2.45, 2.75) is 12.6 Å². The summed E-state index contributed by atoms with van der Waals surface area (Å²) in [5.41, 5.74) is 4.79. The number of nitrogen functional groups attached to an aromatic ring is 1. The van der Waals surface area contributed by atoms with Gasteiger partial charge >= 0.3 is 12.1 Å². The Morgan fingerprint density at radius 3 is 2.62 bits per heavy atom. The van der Waals surface area contributed by atoms with E-state index in [9.17, 15) is 18.0 Å². The van der Waals surface area contributed by atoms with Gasteiger partial charge in [-0.15, -0.1) is 0 Å². The van der Waals surface area contributed by atoms with Gasteiger partial charge in [0, 0.05) is 0 Å². The molecule has 0 radical (unpaired) electrons. The number of rotatable bonds is 2. The molecule has 7 heteroatoms. The number of nitrogens with zero attached hydrogens (tertiary/aromatic N) is 1. The van der Waals surface area contributed by atoms with Gasteiger partial charge in [-0.1, -0.05) is 0 Å². The van der Waals surface area contributed by atoms with Gasteiger partial charge in [-0.2, -0.15) is 13.2 Å². The van der Waals surface area contributed by atoms with Gasteiger partial charge in [0.25, 0.3) is 0 Å². The number of methoxy groups -OCH3 is 1. The highest BCUT2D eigenvalue weighted by Gasteiger charge is 2.29. The fourth-order valence-corrected chi connectivity index (χ4v) is 1.07. The fourth-order valence-electron chi connectivity index (χ4n) is 1.07. The first-order valence-corrected chi connectivity index (χ1v) is 4.24. The minimum absolute atomic E-state index is 0.0159. The summed E-state index contributed by atoms with van der Waals surface area (Å²) in [7, 11) is 1.10. The summed E-state index contributed by atoms with van der Waals surface area (Å²) in [5.74, 6) is -0.860. The van der Waals surface area contributed by atoms with Crippen LogP contribution in [0.3, 0.4) is 0 Å². The van der Waals surface area contributed by atoms with Crippen molar-refractivity contribution in [3.8, 4) is 0 Å². The second-order valence-corrected chi connectivity index (χ2v) is 3.02.